The van der Waals surface area contributed by atoms with Crippen molar-refractivity contribution >= 4 is 11.3 Å². The van der Waals surface area contributed by atoms with Crippen molar-refractivity contribution in [3.8, 4) is 10.4 Å². The zero-order valence-electron chi connectivity index (χ0n) is 13.3. The van der Waals surface area contributed by atoms with Crippen LogP contribution < -0.4 is 5.32 Å². The van der Waals surface area contributed by atoms with Gasteiger partial charge in [-0.3, -0.25) is 4.98 Å². The molecule has 0 amide bonds. The molecule has 0 aliphatic heterocycles. The third kappa shape index (κ3) is 3.87. The molecular weight excluding hydrogens is 323 g/mol. The summed E-state index contributed by atoms with van der Waals surface area (Å²) in [7, 11) is 0. The van der Waals surface area contributed by atoms with Gasteiger partial charge in [-0.25, -0.2) is 4.39 Å². The number of hydrogen-bond acceptors (Lipinski definition) is 4. The van der Waals surface area contributed by atoms with Crippen molar-refractivity contribution in [1.29, 1.82) is 0 Å². The highest BCUT2D eigenvalue weighted by atomic mass is 32.1. The molecule has 0 fully saturated rings. The maximum absolute atomic E-state index is 13.9. The Labute approximate surface area is 144 Å². The fourth-order valence-corrected chi connectivity index (χ4v) is 3.55. The molecule has 0 aliphatic rings. The van der Waals surface area contributed by atoms with E-state index in [0.717, 1.165) is 15.3 Å². The molecule has 0 radical (unpaired) electrons. The number of aromatic nitrogens is 1. The van der Waals surface area contributed by atoms with E-state index in [-0.39, 0.29) is 11.9 Å². The Morgan fingerprint density at radius 1 is 1.12 bits per heavy atom. The first-order valence-corrected chi connectivity index (χ1v) is 8.63. The van der Waals surface area contributed by atoms with Crippen molar-refractivity contribution in [3.63, 3.8) is 0 Å². The summed E-state index contributed by atoms with van der Waals surface area (Å²) in [5.74, 6) is -0.209. The molecule has 3 aromatic rings. The van der Waals surface area contributed by atoms with Crippen molar-refractivity contribution in [1.82, 2.24) is 10.3 Å². The smallest absolute Gasteiger partial charge is 0.131 e. The quantitative estimate of drug-likeness (QED) is 0.701. The van der Waals surface area contributed by atoms with Crippen LogP contribution in [0.4, 0.5) is 4.39 Å². The second-order valence-corrected chi connectivity index (χ2v) is 6.72. The maximum atomic E-state index is 13.9. The summed E-state index contributed by atoms with van der Waals surface area (Å²) in [5.41, 5.74) is 1.46. The molecular formula is C19H19FN2OS. The predicted octanol–water partition coefficient (Wildman–Crippen LogP) is 4.33. The van der Waals surface area contributed by atoms with Crippen LogP contribution in [0.5, 0.6) is 0 Å². The summed E-state index contributed by atoms with van der Waals surface area (Å²) in [6, 6.07) is 14.4. The average Bonchev–Trinajstić information content (AvgIpc) is 3.10. The highest BCUT2D eigenvalue weighted by Crippen LogP contribution is 2.32. The Morgan fingerprint density at radius 3 is 2.62 bits per heavy atom. The largest absolute Gasteiger partial charge is 0.387 e. The lowest BCUT2D eigenvalue weighted by Crippen LogP contribution is -2.24. The van der Waals surface area contributed by atoms with Gasteiger partial charge in [0.15, 0.2) is 0 Å². The number of aliphatic hydroxyl groups is 1. The third-order valence-electron chi connectivity index (χ3n) is 3.90. The molecule has 1 aromatic carbocycles. The molecule has 3 rings (SSSR count). The Hall–Kier alpha value is -2.08. The molecule has 2 N–H and O–H groups in total. The van der Waals surface area contributed by atoms with Crippen LogP contribution in [-0.4, -0.2) is 16.6 Å². The molecule has 0 spiro atoms. The summed E-state index contributed by atoms with van der Waals surface area (Å²) in [6.45, 7) is 2.48. The number of halogens is 1. The number of hydrogen-bond donors (Lipinski definition) is 2. The molecule has 24 heavy (non-hydrogen) atoms. The first-order chi connectivity index (χ1) is 11.6. The van der Waals surface area contributed by atoms with Gasteiger partial charge < -0.3 is 10.4 Å². The van der Waals surface area contributed by atoms with Crippen LogP contribution in [0.25, 0.3) is 10.4 Å². The van der Waals surface area contributed by atoms with E-state index in [1.165, 1.54) is 6.07 Å². The van der Waals surface area contributed by atoms with Crippen molar-refractivity contribution < 1.29 is 9.50 Å². The number of pyridine rings is 1. The molecule has 0 bridgehead atoms. The summed E-state index contributed by atoms with van der Waals surface area (Å²) in [4.78, 5) is 5.96. The molecule has 0 saturated carbocycles. The molecule has 2 unspecified atom stereocenters. The van der Waals surface area contributed by atoms with Gasteiger partial charge in [-0.15, -0.1) is 11.3 Å². The van der Waals surface area contributed by atoms with Gasteiger partial charge in [0.25, 0.3) is 0 Å². The van der Waals surface area contributed by atoms with E-state index in [1.54, 1.807) is 48.0 Å². The van der Waals surface area contributed by atoms with Crippen LogP contribution in [0.1, 0.15) is 29.5 Å². The first-order valence-electron chi connectivity index (χ1n) is 7.81. The standard InChI is InChI=1S/C19H19FN2OS/c1-13(22-12-17(23)14-8-10-21-11-9-14)18-6-7-19(24-18)15-4-2-3-5-16(15)20/h2-11,13,17,22-23H,12H2,1H3. The summed E-state index contributed by atoms with van der Waals surface area (Å²) >= 11 is 1.56. The molecule has 3 nitrogen and oxygen atoms in total. The van der Waals surface area contributed by atoms with Crippen LogP contribution in [0.2, 0.25) is 0 Å². The topological polar surface area (TPSA) is 45.1 Å². The fraction of sp³-hybridized carbons (Fsp3) is 0.211. The molecule has 5 heteroatoms. The minimum absolute atomic E-state index is 0.0759. The van der Waals surface area contributed by atoms with Crippen LogP contribution in [0.15, 0.2) is 60.9 Å². The molecule has 2 aromatic heterocycles. The lowest BCUT2D eigenvalue weighted by atomic mass is 10.1. The van der Waals surface area contributed by atoms with Crippen LogP contribution >= 0.6 is 11.3 Å². The minimum atomic E-state index is -0.582. The van der Waals surface area contributed by atoms with E-state index in [2.05, 4.69) is 10.3 Å². The Balaban J connectivity index is 1.64. The zero-order valence-corrected chi connectivity index (χ0v) is 14.1. The molecule has 2 atom stereocenters. The highest BCUT2D eigenvalue weighted by molar-refractivity contribution is 7.15. The van der Waals surface area contributed by atoms with E-state index < -0.39 is 6.10 Å². The molecule has 0 saturated heterocycles. The van der Waals surface area contributed by atoms with Gasteiger partial charge in [-0.1, -0.05) is 18.2 Å². The van der Waals surface area contributed by atoms with E-state index >= 15 is 0 Å². The van der Waals surface area contributed by atoms with E-state index in [1.807, 2.05) is 25.1 Å². The Bertz CT molecular complexity index is 791. The summed E-state index contributed by atoms with van der Waals surface area (Å²) in [5, 5.41) is 13.5. The number of aliphatic hydroxyl groups excluding tert-OH is 1. The normalized spacial score (nSPS) is 13.6. The SMILES string of the molecule is CC(NCC(O)c1ccncc1)c1ccc(-c2ccccc2F)s1. The second-order valence-electron chi connectivity index (χ2n) is 5.61. The minimum Gasteiger partial charge on any atom is -0.387 e. The number of rotatable bonds is 6. The zero-order chi connectivity index (χ0) is 16.9. The van der Waals surface area contributed by atoms with Gasteiger partial charge in [0, 0.05) is 40.3 Å². The Morgan fingerprint density at radius 2 is 1.88 bits per heavy atom. The third-order valence-corrected chi connectivity index (χ3v) is 5.20. The second kappa shape index (κ2) is 7.66. The van der Waals surface area contributed by atoms with Crippen molar-refractivity contribution in [2.75, 3.05) is 6.54 Å². The number of thiophene rings is 1. The number of nitrogens with one attached hydrogen (secondary N) is 1. The van der Waals surface area contributed by atoms with E-state index in [4.69, 9.17) is 0 Å². The molecule has 0 aliphatic carbocycles. The van der Waals surface area contributed by atoms with Gasteiger partial charge in [0.1, 0.15) is 5.82 Å². The maximum Gasteiger partial charge on any atom is 0.131 e. The first kappa shape index (κ1) is 16.8. The Kier molecular flexibility index (Phi) is 5.35. The fourth-order valence-electron chi connectivity index (χ4n) is 2.48. The van der Waals surface area contributed by atoms with E-state index in [0.29, 0.717) is 12.1 Å². The van der Waals surface area contributed by atoms with Gasteiger partial charge in [0.2, 0.25) is 0 Å². The van der Waals surface area contributed by atoms with E-state index in [9.17, 15) is 9.50 Å². The summed E-state index contributed by atoms with van der Waals surface area (Å²) in [6.07, 6.45) is 2.76. The molecule has 2 heterocycles. The van der Waals surface area contributed by atoms with Crippen LogP contribution in [0, 0.1) is 5.82 Å². The predicted molar refractivity (Wildman–Crippen MR) is 95.3 cm³/mol. The van der Waals surface area contributed by atoms with Gasteiger partial charge in [-0.2, -0.15) is 0 Å². The average molecular weight is 342 g/mol. The lowest BCUT2D eigenvalue weighted by Gasteiger charge is -2.16. The number of nitrogens with zero attached hydrogens (tertiary/aromatic N) is 1. The van der Waals surface area contributed by atoms with Crippen molar-refractivity contribution in [2.45, 2.75) is 19.1 Å². The van der Waals surface area contributed by atoms with Crippen molar-refractivity contribution in [3.05, 3.63) is 77.2 Å². The van der Waals surface area contributed by atoms with Crippen molar-refractivity contribution in [2.24, 2.45) is 0 Å². The van der Waals surface area contributed by atoms with Crippen LogP contribution in [0.3, 0.4) is 0 Å². The molecule has 124 valence electrons. The highest BCUT2D eigenvalue weighted by Gasteiger charge is 2.14. The van der Waals surface area contributed by atoms with Gasteiger partial charge in [-0.05, 0) is 42.8 Å². The van der Waals surface area contributed by atoms with Gasteiger partial charge >= 0.3 is 0 Å². The van der Waals surface area contributed by atoms with Gasteiger partial charge in [0.05, 0.1) is 6.10 Å². The van der Waals surface area contributed by atoms with Crippen LogP contribution in [-0.2, 0) is 0 Å². The number of benzene rings is 1. The lowest BCUT2D eigenvalue weighted by molar-refractivity contribution is 0.171. The summed E-state index contributed by atoms with van der Waals surface area (Å²) < 4.78 is 13.9. The monoisotopic (exact) mass is 342 g/mol.